The standard InChI is InChI=1S/C24H29N3O2S/c1-18-16-19(2)23-21(17-18)25-24(30-23)27(11-10-26-12-14-29-15-13-26)22(28)9-8-20-6-4-3-5-7-20/h3-7,16-17H,8-15H2,1-2H3. The molecule has 1 saturated heterocycles. The Bertz CT molecular complexity index is 996. The van der Waals surface area contributed by atoms with Gasteiger partial charge in [-0.05, 0) is 43.0 Å². The fourth-order valence-electron chi connectivity index (χ4n) is 3.90. The van der Waals surface area contributed by atoms with Gasteiger partial charge in [0.15, 0.2) is 5.13 Å². The van der Waals surface area contributed by atoms with Crippen LogP contribution in [0.2, 0.25) is 0 Å². The molecule has 1 fully saturated rings. The van der Waals surface area contributed by atoms with E-state index in [-0.39, 0.29) is 5.91 Å². The van der Waals surface area contributed by atoms with Crippen LogP contribution >= 0.6 is 11.3 Å². The predicted octanol–water partition coefficient (Wildman–Crippen LogP) is 4.21. The smallest absolute Gasteiger partial charge is 0.229 e. The van der Waals surface area contributed by atoms with E-state index in [1.807, 2.05) is 23.1 Å². The first kappa shape index (κ1) is 21.0. The summed E-state index contributed by atoms with van der Waals surface area (Å²) in [6, 6.07) is 14.5. The summed E-state index contributed by atoms with van der Waals surface area (Å²) in [7, 11) is 0. The van der Waals surface area contributed by atoms with Crippen molar-refractivity contribution in [3.05, 3.63) is 59.2 Å². The number of nitrogens with zero attached hydrogens (tertiary/aromatic N) is 3. The van der Waals surface area contributed by atoms with E-state index in [1.54, 1.807) is 11.3 Å². The fourth-order valence-corrected chi connectivity index (χ4v) is 4.96. The van der Waals surface area contributed by atoms with Gasteiger partial charge in [0.05, 0.1) is 23.4 Å². The van der Waals surface area contributed by atoms with Crippen LogP contribution in [0.25, 0.3) is 10.2 Å². The average Bonchev–Trinajstić information content (AvgIpc) is 3.18. The molecule has 0 aliphatic carbocycles. The van der Waals surface area contributed by atoms with Crippen molar-refractivity contribution in [3.63, 3.8) is 0 Å². The summed E-state index contributed by atoms with van der Waals surface area (Å²) in [5.74, 6) is 0.139. The molecule has 1 aliphatic heterocycles. The number of carbonyl (C=O) groups is 1. The first-order valence-electron chi connectivity index (χ1n) is 10.6. The van der Waals surface area contributed by atoms with Gasteiger partial charge in [-0.1, -0.05) is 47.7 Å². The molecule has 0 bridgehead atoms. The Morgan fingerprint density at radius 1 is 1.17 bits per heavy atom. The molecule has 3 aromatic rings. The van der Waals surface area contributed by atoms with Gasteiger partial charge in [0.1, 0.15) is 0 Å². The topological polar surface area (TPSA) is 45.7 Å². The Labute approximate surface area is 182 Å². The number of fused-ring (bicyclic) bond motifs is 1. The Morgan fingerprint density at radius 2 is 1.93 bits per heavy atom. The van der Waals surface area contributed by atoms with Crippen LogP contribution in [-0.4, -0.2) is 55.2 Å². The second-order valence-electron chi connectivity index (χ2n) is 7.91. The Morgan fingerprint density at radius 3 is 2.70 bits per heavy atom. The van der Waals surface area contributed by atoms with Crippen LogP contribution in [-0.2, 0) is 16.0 Å². The number of aryl methyl sites for hydroxylation is 3. The van der Waals surface area contributed by atoms with Gasteiger partial charge in [-0.2, -0.15) is 0 Å². The number of carbonyl (C=O) groups excluding carboxylic acids is 1. The lowest BCUT2D eigenvalue weighted by molar-refractivity contribution is -0.118. The third kappa shape index (κ3) is 5.06. The summed E-state index contributed by atoms with van der Waals surface area (Å²) in [5, 5.41) is 0.810. The molecule has 0 spiro atoms. The van der Waals surface area contributed by atoms with Gasteiger partial charge < -0.3 is 4.74 Å². The number of thiazole rings is 1. The van der Waals surface area contributed by atoms with Crippen LogP contribution in [0.5, 0.6) is 0 Å². The summed E-state index contributed by atoms with van der Waals surface area (Å²) in [6.07, 6.45) is 1.23. The minimum Gasteiger partial charge on any atom is -0.379 e. The van der Waals surface area contributed by atoms with Gasteiger partial charge >= 0.3 is 0 Å². The Hall–Kier alpha value is -2.28. The molecule has 5 nitrogen and oxygen atoms in total. The molecule has 158 valence electrons. The van der Waals surface area contributed by atoms with Gasteiger partial charge in [0.2, 0.25) is 5.91 Å². The van der Waals surface area contributed by atoms with E-state index >= 15 is 0 Å². The lowest BCUT2D eigenvalue weighted by atomic mass is 10.1. The quantitative estimate of drug-likeness (QED) is 0.571. The van der Waals surface area contributed by atoms with Crippen molar-refractivity contribution >= 4 is 32.6 Å². The van der Waals surface area contributed by atoms with Gasteiger partial charge in [-0.3, -0.25) is 14.6 Å². The van der Waals surface area contributed by atoms with Crippen LogP contribution in [0, 0.1) is 13.8 Å². The zero-order valence-electron chi connectivity index (χ0n) is 17.8. The number of hydrogen-bond donors (Lipinski definition) is 0. The molecule has 1 amide bonds. The number of aromatic nitrogens is 1. The van der Waals surface area contributed by atoms with Crippen molar-refractivity contribution < 1.29 is 9.53 Å². The maximum absolute atomic E-state index is 13.3. The highest BCUT2D eigenvalue weighted by atomic mass is 32.1. The molecule has 0 unspecified atom stereocenters. The van der Waals surface area contributed by atoms with Crippen LogP contribution in [0.3, 0.4) is 0 Å². The summed E-state index contributed by atoms with van der Waals surface area (Å²) in [4.78, 5) is 22.4. The van der Waals surface area contributed by atoms with E-state index in [2.05, 4.69) is 43.0 Å². The highest BCUT2D eigenvalue weighted by Gasteiger charge is 2.22. The van der Waals surface area contributed by atoms with Gasteiger partial charge in [0, 0.05) is 32.6 Å². The molecule has 1 aromatic heterocycles. The fraction of sp³-hybridized carbons (Fsp3) is 0.417. The van der Waals surface area contributed by atoms with Crippen molar-refractivity contribution in [2.24, 2.45) is 0 Å². The lowest BCUT2D eigenvalue weighted by Crippen LogP contribution is -2.43. The van der Waals surface area contributed by atoms with E-state index in [0.717, 1.165) is 49.9 Å². The van der Waals surface area contributed by atoms with Crippen LogP contribution in [0.15, 0.2) is 42.5 Å². The molecule has 6 heteroatoms. The maximum atomic E-state index is 13.3. The zero-order valence-corrected chi connectivity index (χ0v) is 18.6. The van der Waals surface area contributed by atoms with Crippen molar-refractivity contribution in [2.45, 2.75) is 26.7 Å². The molecular weight excluding hydrogens is 394 g/mol. The molecular formula is C24H29N3O2S. The third-order valence-corrected chi connectivity index (χ3v) is 6.78. The number of morpholine rings is 1. The molecule has 30 heavy (non-hydrogen) atoms. The largest absolute Gasteiger partial charge is 0.379 e. The third-order valence-electron chi connectivity index (χ3n) is 5.55. The molecule has 4 rings (SSSR count). The summed E-state index contributed by atoms with van der Waals surface area (Å²) < 4.78 is 6.63. The first-order chi connectivity index (χ1) is 14.6. The zero-order chi connectivity index (χ0) is 20.9. The van der Waals surface area contributed by atoms with E-state index in [0.29, 0.717) is 13.0 Å². The normalized spacial score (nSPS) is 14.9. The van der Waals surface area contributed by atoms with Crippen molar-refractivity contribution in [1.29, 1.82) is 0 Å². The molecule has 1 aliphatic rings. The number of amides is 1. The summed E-state index contributed by atoms with van der Waals surface area (Å²) in [6.45, 7) is 9.08. The molecule has 0 N–H and O–H groups in total. The van der Waals surface area contributed by atoms with Crippen LogP contribution in [0.1, 0.15) is 23.1 Å². The predicted molar refractivity (Wildman–Crippen MR) is 123 cm³/mol. The number of benzene rings is 2. The minimum absolute atomic E-state index is 0.139. The monoisotopic (exact) mass is 423 g/mol. The Kier molecular flexibility index (Phi) is 6.77. The van der Waals surface area contributed by atoms with Crippen LogP contribution < -0.4 is 4.90 Å². The van der Waals surface area contributed by atoms with E-state index < -0.39 is 0 Å². The highest BCUT2D eigenvalue weighted by Crippen LogP contribution is 2.32. The lowest BCUT2D eigenvalue weighted by Gasteiger charge is -2.29. The second-order valence-corrected chi connectivity index (χ2v) is 8.89. The summed E-state index contributed by atoms with van der Waals surface area (Å²) in [5.41, 5.74) is 4.60. The van der Waals surface area contributed by atoms with Crippen molar-refractivity contribution in [1.82, 2.24) is 9.88 Å². The summed E-state index contributed by atoms with van der Waals surface area (Å²) >= 11 is 1.63. The molecule has 0 radical (unpaired) electrons. The van der Waals surface area contributed by atoms with E-state index in [9.17, 15) is 4.79 Å². The maximum Gasteiger partial charge on any atom is 0.229 e. The van der Waals surface area contributed by atoms with E-state index in [4.69, 9.17) is 9.72 Å². The number of ether oxygens (including phenoxy) is 1. The molecule has 2 heterocycles. The van der Waals surface area contributed by atoms with Crippen molar-refractivity contribution in [2.75, 3.05) is 44.3 Å². The molecule has 0 saturated carbocycles. The highest BCUT2D eigenvalue weighted by molar-refractivity contribution is 7.22. The van der Waals surface area contributed by atoms with E-state index in [1.165, 1.54) is 21.4 Å². The number of rotatable bonds is 7. The average molecular weight is 424 g/mol. The minimum atomic E-state index is 0.139. The second kappa shape index (κ2) is 9.69. The van der Waals surface area contributed by atoms with Crippen molar-refractivity contribution in [3.8, 4) is 0 Å². The molecule has 2 aromatic carbocycles. The molecule has 0 atom stereocenters. The van der Waals surface area contributed by atoms with Crippen LogP contribution in [0.4, 0.5) is 5.13 Å². The number of hydrogen-bond acceptors (Lipinski definition) is 5. The van der Waals surface area contributed by atoms with Gasteiger partial charge in [-0.25, -0.2) is 4.98 Å². The van der Waals surface area contributed by atoms with Gasteiger partial charge in [-0.15, -0.1) is 0 Å². The number of anilines is 1. The SMILES string of the molecule is Cc1cc(C)c2sc(N(CCN3CCOCC3)C(=O)CCc3ccccc3)nc2c1. The Balaban J connectivity index is 1.54. The van der Waals surface area contributed by atoms with Gasteiger partial charge in [0.25, 0.3) is 0 Å². The first-order valence-corrected chi connectivity index (χ1v) is 11.4.